The summed E-state index contributed by atoms with van der Waals surface area (Å²) in [7, 11) is 0. The largest absolute Gasteiger partial charge is 0.502 e. The van der Waals surface area contributed by atoms with Crippen molar-refractivity contribution in [1.29, 1.82) is 0 Å². The van der Waals surface area contributed by atoms with Crippen LogP contribution in [0, 0.1) is 16.0 Å². The zero-order valence-electron chi connectivity index (χ0n) is 8.85. The maximum absolute atomic E-state index is 10.6. The summed E-state index contributed by atoms with van der Waals surface area (Å²) in [6.45, 7) is 1.99. The molecule has 16 heavy (non-hydrogen) atoms. The van der Waals surface area contributed by atoms with Gasteiger partial charge < -0.3 is 10.4 Å². The second-order valence-electron chi connectivity index (χ2n) is 4.14. The third kappa shape index (κ3) is 2.30. The number of rotatable bonds is 3. The Morgan fingerprint density at radius 1 is 1.56 bits per heavy atom. The first-order valence-electron chi connectivity index (χ1n) is 5.34. The summed E-state index contributed by atoms with van der Waals surface area (Å²) in [4.78, 5) is 10.1. The fourth-order valence-electron chi connectivity index (χ4n) is 2.06. The third-order valence-electron chi connectivity index (χ3n) is 2.92. The number of benzene rings is 1. The second kappa shape index (κ2) is 4.49. The predicted molar refractivity (Wildman–Crippen MR) is 59.4 cm³/mol. The monoisotopic (exact) mass is 222 g/mol. The number of nitrogens with one attached hydrogen (secondary N) is 1. The molecule has 1 fully saturated rings. The van der Waals surface area contributed by atoms with Crippen LogP contribution in [0.4, 0.5) is 5.69 Å². The molecule has 2 rings (SSSR count). The van der Waals surface area contributed by atoms with Crippen LogP contribution in [0.15, 0.2) is 18.2 Å². The molecule has 0 spiro atoms. The van der Waals surface area contributed by atoms with Crippen LogP contribution < -0.4 is 5.32 Å². The van der Waals surface area contributed by atoms with E-state index < -0.39 is 4.92 Å². The number of nitrogens with zero attached hydrogens (tertiary/aromatic N) is 1. The Balaban J connectivity index is 2.15. The Bertz CT molecular complexity index is 400. The molecule has 0 aliphatic carbocycles. The number of aromatic hydroxyl groups is 1. The normalized spacial score (nSPS) is 19.9. The number of hydrogen-bond acceptors (Lipinski definition) is 4. The fraction of sp³-hybridized carbons (Fsp3) is 0.455. The molecule has 0 aromatic heterocycles. The van der Waals surface area contributed by atoms with E-state index in [4.69, 9.17) is 0 Å². The topological polar surface area (TPSA) is 75.4 Å². The van der Waals surface area contributed by atoms with Crippen LogP contribution in [0.5, 0.6) is 5.75 Å². The van der Waals surface area contributed by atoms with Crippen LogP contribution in [-0.4, -0.2) is 23.1 Å². The van der Waals surface area contributed by atoms with Crippen LogP contribution >= 0.6 is 0 Å². The molecule has 5 heteroatoms. The maximum Gasteiger partial charge on any atom is 0.310 e. The highest BCUT2D eigenvalue weighted by Crippen LogP contribution is 2.27. The lowest BCUT2D eigenvalue weighted by Gasteiger charge is -2.08. The predicted octanol–water partition coefficient (Wildman–Crippen LogP) is 1.45. The first kappa shape index (κ1) is 10.9. The van der Waals surface area contributed by atoms with Gasteiger partial charge in [-0.15, -0.1) is 0 Å². The van der Waals surface area contributed by atoms with Gasteiger partial charge in [-0.05, 0) is 43.5 Å². The number of phenols is 1. The van der Waals surface area contributed by atoms with Crippen molar-refractivity contribution >= 4 is 5.69 Å². The summed E-state index contributed by atoms with van der Waals surface area (Å²) >= 11 is 0. The molecule has 0 radical (unpaired) electrons. The fourth-order valence-corrected chi connectivity index (χ4v) is 2.06. The van der Waals surface area contributed by atoms with Crippen molar-refractivity contribution in [3.63, 3.8) is 0 Å². The van der Waals surface area contributed by atoms with Gasteiger partial charge in [0, 0.05) is 6.07 Å². The highest BCUT2D eigenvalue weighted by Gasteiger charge is 2.18. The van der Waals surface area contributed by atoms with Gasteiger partial charge in [-0.2, -0.15) is 0 Å². The standard InChI is InChI=1S/C11H14N2O3/c14-11-2-1-8(6-10(11)13(15)16)5-9-3-4-12-7-9/h1-2,6,9,12,14H,3-5,7H2. The summed E-state index contributed by atoms with van der Waals surface area (Å²) in [5, 5.41) is 23.2. The van der Waals surface area contributed by atoms with E-state index in [1.165, 1.54) is 12.1 Å². The van der Waals surface area contributed by atoms with Crippen LogP contribution in [0.25, 0.3) is 0 Å². The molecule has 0 bridgehead atoms. The van der Waals surface area contributed by atoms with Gasteiger partial charge in [0.2, 0.25) is 0 Å². The molecular weight excluding hydrogens is 208 g/mol. The number of hydrogen-bond donors (Lipinski definition) is 2. The lowest BCUT2D eigenvalue weighted by molar-refractivity contribution is -0.385. The highest BCUT2D eigenvalue weighted by molar-refractivity contribution is 5.47. The van der Waals surface area contributed by atoms with Crippen molar-refractivity contribution in [1.82, 2.24) is 5.32 Å². The van der Waals surface area contributed by atoms with E-state index in [0.717, 1.165) is 31.5 Å². The minimum Gasteiger partial charge on any atom is -0.502 e. The zero-order valence-corrected chi connectivity index (χ0v) is 8.85. The van der Waals surface area contributed by atoms with Gasteiger partial charge in [0.1, 0.15) is 0 Å². The molecule has 1 heterocycles. The van der Waals surface area contributed by atoms with E-state index in [-0.39, 0.29) is 11.4 Å². The van der Waals surface area contributed by atoms with Crippen molar-refractivity contribution in [2.75, 3.05) is 13.1 Å². The van der Waals surface area contributed by atoms with Crippen molar-refractivity contribution in [2.24, 2.45) is 5.92 Å². The lowest BCUT2D eigenvalue weighted by atomic mass is 9.98. The number of nitro groups is 1. The van der Waals surface area contributed by atoms with Gasteiger partial charge in [-0.3, -0.25) is 10.1 Å². The number of nitro benzene ring substituents is 1. The molecule has 1 atom stereocenters. The van der Waals surface area contributed by atoms with E-state index in [0.29, 0.717) is 5.92 Å². The average Bonchev–Trinajstić information content (AvgIpc) is 2.73. The van der Waals surface area contributed by atoms with E-state index >= 15 is 0 Å². The summed E-state index contributed by atoms with van der Waals surface area (Å²) in [5.41, 5.74) is 0.710. The minimum atomic E-state index is -0.550. The highest BCUT2D eigenvalue weighted by atomic mass is 16.6. The molecule has 1 aliphatic heterocycles. The Labute approximate surface area is 93.2 Å². The second-order valence-corrected chi connectivity index (χ2v) is 4.14. The molecule has 0 saturated carbocycles. The van der Waals surface area contributed by atoms with Crippen molar-refractivity contribution in [3.05, 3.63) is 33.9 Å². The average molecular weight is 222 g/mol. The van der Waals surface area contributed by atoms with Crippen LogP contribution in [0.3, 0.4) is 0 Å². The molecule has 1 aromatic rings. The number of phenolic OH excluding ortho intramolecular Hbond substituents is 1. The Morgan fingerprint density at radius 2 is 2.38 bits per heavy atom. The maximum atomic E-state index is 10.6. The summed E-state index contributed by atoms with van der Waals surface area (Å²) in [6.07, 6.45) is 1.93. The van der Waals surface area contributed by atoms with Crippen molar-refractivity contribution in [2.45, 2.75) is 12.8 Å². The molecule has 1 saturated heterocycles. The first-order chi connectivity index (χ1) is 7.66. The Hall–Kier alpha value is -1.62. The quantitative estimate of drug-likeness (QED) is 0.599. The molecule has 2 N–H and O–H groups in total. The van der Waals surface area contributed by atoms with E-state index in [1.807, 2.05) is 0 Å². The molecule has 1 aliphatic rings. The lowest BCUT2D eigenvalue weighted by Crippen LogP contribution is -2.10. The first-order valence-corrected chi connectivity index (χ1v) is 5.34. The van der Waals surface area contributed by atoms with Crippen molar-refractivity contribution < 1.29 is 10.0 Å². The van der Waals surface area contributed by atoms with Gasteiger partial charge in [0.05, 0.1) is 4.92 Å². The van der Waals surface area contributed by atoms with E-state index in [2.05, 4.69) is 5.32 Å². The Kier molecular flexibility index (Phi) is 3.05. The third-order valence-corrected chi connectivity index (χ3v) is 2.92. The molecule has 1 unspecified atom stereocenters. The SMILES string of the molecule is O=[N+]([O-])c1cc(CC2CCNC2)ccc1O. The van der Waals surface area contributed by atoms with E-state index in [9.17, 15) is 15.2 Å². The van der Waals surface area contributed by atoms with Gasteiger partial charge in [-0.25, -0.2) is 0 Å². The van der Waals surface area contributed by atoms with Gasteiger partial charge in [-0.1, -0.05) is 6.07 Å². The van der Waals surface area contributed by atoms with Gasteiger partial charge in [0.15, 0.2) is 5.75 Å². The van der Waals surface area contributed by atoms with Crippen LogP contribution in [0.2, 0.25) is 0 Å². The summed E-state index contributed by atoms with van der Waals surface area (Å²) < 4.78 is 0. The summed E-state index contributed by atoms with van der Waals surface area (Å²) in [6, 6.07) is 4.62. The molecule has 5 nitrogen and oxygen atoms in total. The minimum absolute atomic E-state index is 0.205. The molecule has 1 aromatic carbocycles. The van der Waals surface area contributed by atoms with E-state index in [1.54, 1.807) is 6.07 Å². The molecule has 86 valence electrons. The molecular formula is C11H14N2O3. The smallest absolute Gasteiger partial charge is 0.310 e. The summed E-state index contributed by atoms with van der Waals surface area (Å²) in [5.74, 6) is 0.280. The molecule has 0 amide bonds. The Morgan fingerprint density at radius 3 is 3.00 bits per heavy atom. The van der Waals surface area contributed by atoms with Gasteiger partial charge >= 0.3 is 5.69 Å². The zero-order chi connectivity index (χ0) is 11.5. The van der Waals surface area contributed by atoms with Crippen molar-refractivity contribution in [3.8, 4) is 5.75 Å². The van der Waals surface area contributed by atoms with Crippen LogP contribution in [-0.2, 0) is 6.42 Å². The van der Waals surface area contributed by atoms with Gasteiger partial charge in [0.25, 0.3) is 0 Å². The van der Waals surface area contributed by atoms with Crippen LogP contribution in [0.1, 0.15) is 12.0 Å².